The van der Waals surface area contributed by atoms with E-state index in [-0.39, 0.29) is 12.1 Å². The number of methoxy groups -OCH3 is 1. The van der Waals surface area contributed by atoms with E-state index in [0.717, 1.165) is 33.0 Å². The van der Waals surface area contributed by atoms with Gasteiger partial charge in [0.1, 0.15) is 5.75 Å². The Morgan fingerprint density at radius 1 is 0.971 bits per heavy atom. The van der Waals surface area contributed by atoms with Gasteiger partial charge in [0.25, 0.3) is 0 Å². The number of ether oxygens (including phenoxy) is 1. The van der Waals surface area contributed by atoms with E-state index in [1.54, 1.807) is 7.11 Å². The molecule has 1 aliphatic rings. The van der Waals surface area contributed by atoms with Crippen LogP contribution in [0.2, 0.25) is 0 Å². The maximum absolute atomic E-state index is 5.87. The maximum Gasteiger partial charge on any atom is 0.174 e. The lowest BCUT2D eigenvalue weighted by atomic mass is 9.96. The molecule has 2 unspecified atom stereocenters. The number of aromatic nitrogens is 2. The second kappa shape index (κ2) is 9.24. The van der Waals surface area contributed by atoms with Gasteiger partial charge >= 0.3 is 0 Å². The zero-order valence-electron chi connectivity index (χ0n) is 19.2. The summed E-state index contributed by atoms with van der Waals surface area (Å²) in [6.07, 6.45) is 1.83. The Morgan fingerprint density at radius 2 is 1.68 bits per heavy atom. The summed E-state index contributed by atoms with van der Waals surface area (Å²) < 4.78 is 8.66. The molecule has 5 nitrogen and oxygen atoms in total. The first-order chi connectivity index (χ1) is 16.5. The first kappa shape index (κ1) is 22.6. The average Bonchev–Trinajstić information content (AvgIpc) is 3.35. The van der Waals surface area contributed by atoms with Gasteiger partial charge in [0.2, 0.25) is 0 Å². The van der Waals surface area contributed by atoms with E-state index in [1.165, 1.54) is 11.3 Å². The lowest BCUT2D eigenvalue weighted by molar-refractivity contribution is 0.414. The minimum atomic E-state index is -0.0813. The highest BCUT2D eigenvalue weighted by Crippen LogP contribution is 2.43. The lowest BCUT2D eigenvalue weighted by Gasteiger charge is -2.28. The fraction of sp³-hybridized carbons (Fsp3) is 0.185. The first-order valence-corrected chi connectivity index (χ1v) is 12.3. The second-order valence-corrected chi connectivity index (χ2v) is 9.64. The van der Waals surface area contributed by atoms with Crippen LogP contribution in [0.1, 0.15) is 34.7 Å². The summed E-state index contributed by atoms with van der Waals surface area (Å²) in [5.74, 6) is 0.841. The van der Waals surface area contributed by atoms with Crippen LogP contribution < -0.4 is 15.0 Å². The number of hydrogen-bond donors (Lipinski definition) is 1. The average molecular weight is 533 g/mol. The molecule has 0 saturated carbocycles. The molecule has 1 aliphatic heterocycles. The van der Waals surface area contributed by atoms with E-state index in [2.05, 4.69) is 85.9 Å². The number of pyridine rings is 1. The molecule has 172 valence electrons. The predicted octanol–water partition coefficient (Wildman–Crippen LogP) is 6.44. The number of rotatable bonds is 5. The third kappa shape index (κ3) is 3.99. The van der Waals surface area contributed by atoms with Crippen molar-refractivity contribution < 1.29 is 4.74 Å². The molecule has 0 aliphatic carbocycles. The molecule has 4 aromatic rings. The molecule has 7 heteroatoms. The van der Waals surface area contributed by atoms with Gasteiger partial charge in [0.15, 0.2) is 5.11 Å². The molecule has 1 fully saturated rings. The Kier molecular flexibility index (Phi) is 6.15. The number of aryl methyl sites for hydroxylation is 1. The highest BCUT2D eigenvalue weighted by atomic mass is 79.9. The third-order valence-corrected chi connectivity index (χ3v) is 7.17. The van der Waals surface area contributed by atoms with Gasteiger partial charge in [-0.2, -0.15) is 0 Å². The molecule has 0 amide bonds. The van der Waals surface area contributed by atoms with Crippen molar-refractivity contribution in [2.45, 2.75) is 25.9 Å². The SMILES string of the molecule is COc1ccc(-n2c(C)cc(C3C(c4ccccn4)NC(=S)N3c3ccc(Br)cc3)c2C)cc1. The Balaban J connectivity index is 1.65. The van der Waals surface area contributed by atoms with Crippen molar-refractivity contribution >= 4 is 38.9 Å². The predicted molar refractivity (Wildman–Crippen MR) is 144 cm³/mol. The monoisotopic (exact) mass is 532 g/mol. The maximum atomic E-state index is 5.87. The van der Waals surface area contributed by atoms with Gasteiger partial charge in [-0.05, 0) is 98.4 Å². The number of thiocarbonyl (C=S) groups is 1. The largest absolute Gasteiger partial charge is 0.497 e. The zero-order valence-corrected chi connectivity index (χ0v) is 21.6. The van der Waals surface area contributed by atoms with Crippen LogP contribution >= 0.6 is 28.1 Å². The molecule has 5 rings (SSSR count). The van der Waals surface area contributed by atoms with Gasteiger partial charge in [0.05, 0.1) is 24.9 Å². The Morgan fingerprint density at radius 3 is 2.32 bits per heavy atom. The van der Waals surface area contributed by atoms with E-state index in [0.29, 0.717) is 5.11 Å². The molecular weight excluding hydrogens is 508 g/mol. The standard InChI is InChI=1S/C27H25BrN4OS/c1-17-16-23(18(2)31(17)20-11-13-22(33-3)14-12-20)26-25(24-6-4-5-15-29-24)30-27(34)32(26)21-9-7-19(28)8-10-21/h4-16,25-26H,1-3H3,(H,30,34). The summed E-state index contributed by atoms with van der Waals surface area (Å²) in [7, 11) is 1.68. The number of nitrogens with one attached hydrogen (secondary N) is 1. The van der Waals surface area contributed by atoms with Gasteiger partial charge in [-0.1, -0.05) is 22.0 Å². The van der Waals surface area contributed by atoms with E-state index in [4.69, 9.17) is 17.0 Å². The second-order valence-electron chi connectivity index (χ2n) is 8.33. The number of nitrogens with zero attached hydrogens (tertiary/aromatic N) is 3. The number of anilines is 1. The van der Waals surface area contributed by atoms with Gasteiger partial charge in [-0.3, -0.25) is 4.98 Å². The van der Waals surface area contributed by atoms with Crippen molar-refractivity contribution in [1.82, 2.24) is 14.9 Å². The molecular formula is C27H25BrN4OS. The topological polar surface area (TPSA) is 42.3 Å². The molecule has 0 bridgehead atoms. The van der Waals surface area contributed by atoms with Crippen molar-refractivity contribution in [3.8, 4) is 11.4 Å². The Hall–Kier alpha value is -3.16. The molecule has 0 spiro atoms. The van der Waals surface area contributed by atoms with E-state index in [9.17, 15) is 0 Å². The van der Waals surface area contributed by atoms with Crippen molar-refractivity contribution in [3.63, 3.8) is 0 Å². The van der Waals surface area contributed by atoms with Crippen molar-refractivity contribution in [1.29, 1.82) is 0 Å². The van der Waals surface area contributed by atoms with Crippen LogP contribution in [0.4, 0.5) is 5.69 Å². The number of hydrogen-bond acceptors (Lipinski definition) is 3. The molecule has 1 N–H and O–H groups in total. The van der Waals surface area contributed by atoms with Crippen LogP contribution in [-0.4, -0.2) is 21.8 Å². The van der Waals surface area contributed by atoms with Gasteiger partial charge < -0.3 is 19.5 Å². The Labute approximate surface area is 213 Å². The molecule has 3 heterocycles. The van der Waals surface area contributed by atoms with Gasteiger partial charge in [-0.25, -0.2) is 0 Å². The van der Waals surface area contributed by atoms with Crippen LogP contribution in [0.5, 0.6) is 5.75 Å². The van der Waals surface area contributed by atoms with Crippen LogP contribution in [0, 0.1) is 13.8 Å². The molecule has 2 atom stereocenters. The molecule has 1 saturated heterocycles. The van der Waals surface area contributed by atoms with Crippen LogP contribution in [0.25, 0.3) is 5.69 Å². The van der Waals surface area contributed by atoms with Gasteiger partial charge in [0, 0.05) is 33.4 Å². The zero-order chi connectivity index (χ0) is 23.8. The number of benzene rings is 2. The fourth-order valence-corrected chi connectivity index (χ4v) is 5.38. The molecule has 34 heavy (non-hydrogen) atoms. The van der Waals surface area contributed by atoms with Crippen LogP contribution in [-0.2, 0) is 0 Å². The van der Waals surface area contributed by atoms with Gasteiger partial charge in [-0.15, -0.1) is 0 Å². The summed E-state index contributed by atoms with van der Waals surface area (Å²) in [4.78, 5) is 6.88. The lowest BCUT2D eigenvalue weighted by Crippen LogP contribution is -2.29. The van der Waals surface area contributed by atoms with E-state index < -0.39 is 0 Å². The smallest absolute Gasteiger partial charge is 0.174 e. The van der Waals surface area contributed by atoms with Crippen molar-refractivity contribution in [2.75, 3.05) is 12.0 Å². The summed E-state index contributed by atoms with van der Waals surface area (Å²) in [5.41, 5.74) is 6.63. The summed E-state index contributed by atoms with van der Waals surface area (Å²) in [5, 5.41) is 4.24. The minimum absolute atomic E-state index is 0.0539. The van der Waals surface area contributed by atoms with Crippen molar-refractivity contribution in [2.24, 2.45) is 0 Å². The quantitative estimate of drug-likeness (QED) is 0.299. The summed E-state index contributed by atoms with van der Waals surface area (Å²) in [6.45, 7) is 4.31. The summed E-state index contributed by atoms with van der Waals surface area (Å²) in [6, 6.07) is 24.6. The van der Waals surface area contributed by atoms with E-state index in [1.807, 2.05) is 42.6 Å². The third-order valence-electron chi connectivity index (χ3n) is 6.32. The minimum Gasteiger partial charge on any atom is -0.497 e. The Bertz CT molecular complexity index is 1320. The van der Waals surface area contributed by atoms with Crippen LogP contribution in [0.3, 0.4) is 0 Å². The first-order valence-electron chi connectivity index (χ1n) is 11.1. The highest BCUT2D eigenvalue weighted by Gasteiger charge is 2.42. The molecule has 2 aromatic heterocycles. The number of halogens is 1. The fourth-order valence-electron chi connectivity index (χ4n) is 4.77. The normalized spacial score (nSPS) is 17.6. The molecule has 2 aromatic carbocycles. The summed E-state index contributed by atoms with van der Waals surface area (Å²) >= 11 is 9.42. The highest BCUT2D eigenvalue weighted by molar-refractivity contribution is 9.10. The molecule has 0 radical (unpaired) electrons. The van der Waals surface area contributed by atoms with Crippen molar-refractivity contribution in [3.05, 3.63) is 106 Å². The van der Waals surface area contributed by atoms with Crippen LogP contribution in [0.15, 0.2) is 83.5 Å². The van der Waals surface area contributed by atoms with E-state index >= 15 is 0 Å².